The number of nitrogens with one attached hydrogen (secondary N) is 1. The van der Waals surface area contributed by atoms with E-state index in [0.29, 0.717) is 6.42 Å². The number of likely N-dealkylation sites (tertiary alicyclic amines) is 1. The highest BCUT2D eigenvalue weighted by Gasteiger charge is 2.61. The lowest BCUT2D eigenvalue weighted by Gasteiger charge is -2.28. The van der Waals surface area contributed by atoms with Gasteiger partial charge in [-0.1, -0.05) is 72.3 Å². The zero-order chi connectivity index (χ0) is 24.0. The van der Waals surface area contributed by atoms with Gasteiger partial charge in [0, 0.05) is 16.6 Å². The van der Waals surface area contributed by atoms with Crippen molar-refractivity contribution >= 4 is 39.3 Å². The van der Waals surface area contributed by atoms with Gasteiger partial charge in [-0.2, -0.15) is 0 Å². The van der Waals surface area contributed by atoms with E-state index < -0.39 is 6.04 Å². The molecule has 3 aliphatic rings. The third-order valence-corrected chi connectivity index (χ3v) is 8.12. The molecule has 2 bridgehead atoms. The summed E-state index contributed by atoms with van der Waals surface area (Å²) in [5, 5.41) is 3.13. The van der Waals surface area contributed by atoms with Gasteiger partial charge >= 0.3 is 0 Å². The van der Waals surface area contributed by atoms with Gasteiger partial charge in [-0.05, 0) is 59.9 Å². The van der Waals surface area contributed by atoms with Crippen molar-refractivity contribution in [2.24, 2.45) is 23.7 Å². The van der Waals surface area contributed by atoms with Crippen LogP contribution in [0.25, 0.3) is 0 Å². The molecule has 6 heteroatoms. The number of amides is 3. The average molecular weight is 521 g/mol. The third kappa shape index (κ3) is 3.82. The molecule has 0 radical (unpaired) electrons. The molecule has 1 N–H and O–H groups in total. The molecule has 2 aromatic carbocycles. The summed E-state index contributed by atoms with van der Waals surface area (Å²) < 4.78 is 0.973. The predicted octanol–water partition coefficient (Wildman–Crippen LogP) is 4.93. The first-order valence-electron chi connectivity index (χ1n) is 12.1. The normalized spacial score (nSPS) is 25.7. The Hall–Kier alpha value is -2.73. The zero-order valence-corrected chi connectivity index (χ0v) is 21.0. The standard InChI is InChI=1S/C28H29BrN2O3/c1-3-17-14-21(29)15-18(4-2)25(17)30-26(32)22(12-16-8-6-5-7-9-16)31-27(33)23-19-10-11-20(13-19)24(23)28(31)34/h5-11,14-15,19-20,22-24H,3-4,12-13H2,1-2H3,(H,30,32)/t19-,20-,22-,23-,24+/m0/s1. The van der Waals surface area contributed by atoms with Crippen LogP contribution in [0.5, 0.6) is 0 Å². The Labute approximate surface area is 208 Å². The number of imide groups is 1. The minimum absolute atomic E-state index is 0.113. The average Bonchev–Trinajstić information content (AvgIpc) is 3.53. The summed E-state index contributed by atoms with van der Waals surface area (Å²) in [5.74, 6) is -1.10. The number of anilines is 1. The van der Waals surface area contributed by atoms with Gasteiger partial charge in [0.05, 0.1) is 11.8 Å². The van der Waals surface area contributed by atoms with E-state index in [-0.39, 0.29) is 41.4 Å². The second-order valence-corrected chi connectivity index (χ2v) is 10.5. The number of hydrogen-bond donors (Lipinski definition) is 1. The van der Waals surface area contributed by atoms with Crippen molar-refractivity contribution in [1.29, 1.82) is 0 Å². The Morgan fingerprint density at radius 2 is 1.56 bits per heavy atom. The number of rotatable bonds is 7. The van der Waals surface area contributed by atoms with Crippen LogP contribution in [0.3, 0.4) is 0 Å². The maximum Gasteiger partial charge on any atom is 0.248 e. The van der Waals surface area contributed by atoms with E-state index in [1.165, 1.54) is 4.90 Å². The number of halogens is 1. The van der Waals surface area contributed by atoms with Crippen molar-refractivity contribution < 1.29 is 14.4 Å². The SMILES string of the molecule is CCc1cc(Br)cc(CC)c1NC(=O)[C@H](Cc1ccccc1)N1C(=O)[C@@H]2[C@H](C1=O)[C@H]1C=C[C@H]2C1. The lowest BCUT2D eigenvalue weighted by molar-refractivity contribution is -0.147. The molecule has 0 unspecified atom stereocenters. The molecule has 1 aliphatic heterocycles. The minimum Gasteiger partial charge on any atom is -0.324 e. The van der Waals surface area contributed by atoms with Crippen molar-refractivity contribution in [2.45, 2.75) is 45.6 Å². The highest BCUT2D eigenvalue weighted by molar-refractivity contribution is 9.10. The largest absolute Gasteiger partial charge is 0.324 e. The van der Waals surface area contributed by atoms with Gasteiger partial charge in [0.1, 0.15) is 6.04 Å². The Balaban J connectivity index is 1.50. The fourth-order valence-electron chi connectivity index (χ4n) is 6.02. The third-order valence-electron chi connectivity index (χ3n) is 7.67. The quantitative estimate of drug-likeness (QED) is 0.415. The number of carbonyl (C=O) groups excluding carboxylic acids is 3. The Kier molecular flexibility index (Phi) is 6.19. The second kappa shape index (κ2) is 9.14. The summed E-state index contributed by atoms with van der Waals surface area (Å²) in [6, 6.07) is 12.8. The molecule has 34 heavy (non-hydrogen) atoms. The molecule has 5 rings (SSSR count). The van der Waals surface area contributed by atoms with Crippen molar-refractivity contribution in [3.8, 4) is 0 Å². The number of hydrogen-bond acceptors (Lipinski definition) is 3. The van der Waals surface area contributed by atoms with Crippen molar-refractivity contribution in [3.05, 3.63) is 75.8 Å². The van der Waals surface area contributed by atoms with Crippen LogP contribution < -0.4 is 5.32 Å². The van der Waals surface area contributed by atoms with Gasteiger partial charge < -0.3 is 5.32 Å². The lowest BCUT2D eigenvalue weighted by atomic mass is 9.85. The fraction of sp³-hybridized carbons (Fsp3) is 0.393. The summed E-state index contributed by atoms with van der Waals surface area (Å²) >= 11 is 3.57. The van der Waals surface area contributed by atoms with Crippen LogP contribution >= 0.6 is 15.9 Å². The highest BCUT2D eigenvalue weighted by Crippen LogP contribution is 2.53. The Bertz CT molecular complexity index is 1120. The molecular weight excluding hydrogens is 492 g/mol. The first kappa shape index (κ1) is 23.0. The molecule has 1 heterocycles. The van der Waals surface area contributed by atoms with Crippen LogP contribution in [0.4, 0.5) is 5.69 Å². The van der Waals surface area contributed by atoms with Crippen molar-refractivity contribution in [2.75, 3.05) is 5.32 Å². The number of aryl methyl sites for hydroxylation is 2. The van der Waals surface area contributed by atoms with Gasteiger partial charge in [0.2, 0.25) is 17.7 Å². The van der Waals surface area contributed by atoms with Crippen LogP contribution in [0.15, 0.2) is 59.1 Å². The molecular formula is C28H29BrN2O3. The van der Waals surface area contributed by atoms with Gasteiger partial charge in [0.15, 0.2) is 0 Å². The molecule has 176 valence electrons. The number of carbonyl (C=O) groups is 3. The summed E-state index contributed by atoms with van der Waals surface area (Å²) in [4.78, 5) is 42.2. The van der Waals surface area contributed by atoms with E-state index in [2.05, 4.69) is 47.2 Å². The molecule has 2 aliphatic carbocycles. The van der Waals surface area contributed by atoms with Gasteiger partial charge in [-0.25, -0.2) is 0 Å². The number of nitrogens with zero attached hydrogens (tertiary/aromatic N) is 1. The lowest BCUT2D eigenvalue weighted by Crippen LogP contribution is -2.49. The van der Waals surface area contributed by atoms with Gasteiger partial charge in [-0.3, -0.25) is 19.3 Å². The number of fused-ring (bicyclic) bond motifs is 5. The van der Waals surface area contributed by atoms with Crippen LogP contribution in [-0.2, 0) is 33.6 Å². The highest BCUT2D eigenvalue weighted by atomic mass is 79.9. The van der Waals surface area contributed by atoms with Crippen LogP contribution in [0, 0.1) is 23.7 Å². The van der Waals surface area contributed by atoms with E-state index in [1.807, 2.05) is 42.5 Å². The number of allylic oxidation sites excluding steroid dienone is 2. The molecule has 3 amide bonds. The van der Waals surface area contributed by atoms with Crippen molar-refractivity contribution in [1.82, 2.24) is 4.90 Å². The minimum atomic E-state index is -0.884. The fourth-order valence-corrected chi connectivity index (χ4v) is 6.57. The molecule has 2 aromatic rings. The van der Waals surface area contributed by atoms with E-state index in [0.717, 1.165) is 46.1 Å². The molecule has 0 aromatic heterocycles. The molecule has 5 nitrogen and oxygen atoms in total. The van der Waals surface area contributed by atoms with Crippen LogP contribution in [0.1, 0.15) is 37.0 Å². The maximum atomic E-state index is 13.8. The molecule has 2 fully saturated rings. The van der Waals surface area contributed by atoms with Crippen molar-refractivity contribution in [3.63, 3.8) is 0 Å². The molecule has 0 spiro atoms. The van der Waals surface area contributed by atoms with Gasteiger partial charge in [-0.15, -0.1) is 0 Å². The summed E-state index contributed by atoms with van der Waals surface area (Å²) in [6.45, 7) is 4.10. The van der Waals surface area contributed by atoms with Gasteiger partial charge in [0.25, 0.3) is 0 Å². The molecule has 1 saturated carbocycles. The zero-order valence-electron chi connectivity index (χ0n) is 19.5. The summed E-state index contributed by atoms with van der Waals surface area (Å²) in [6.07, 6.45) is 6.84. The smallest absolute Gasteiger partial charge is 0.248 e. The summed E-state index contributed by atoms with van der Waals surface area (Å²) in [5.41, 5.74) is 3.76. The first-order valence-corrected chi connectivity index (χ1v) is 12.9. The van der Waals surface area contributed by atoms with Crippen LogP contribution in [-0.4, -0.2) is 28.7 Å². The van der Waals surface area contributed by atoms with E-state index in [9.17, 15) is 14.4 Å². The predicted molar refractivity (Wildman–Crippen MR) is 135 cm³/mol. The van der Waals surface area contributed by atoms with E-state index >= 15 is 0 Å². The molecule has 1 saturated heterocycles. The maximum absolute atomic E-state index is 13.8. The van der Waals surface area contributed by atoms with E-state index in [1.54, 1.807) is 0 Å². The summed E-state index contributed by atoms with van der Waals surface area (Å²) in [7, 11) is 0. The second-order valence-electron chi connectivity index (χ2n) is 9.55. The topological polar surface area (TPSA) is 66.5 Å². The Morgan fingerprint density at radius 1 is 1.00 bits per heavy atom. The molecule has 5 atom stereocenters. The monoisotopic (exact) mass is 520 g/mol. The number of benzene rings is 2. The Morgan fingerprint density at radius 3 is 2.09 bits per heavy atom. The van der Waals surface area contributed by atoms with E-state index in [4.69, 9.17) is 0 Å². The first-order chi connectivity index (χ1) is 16.4. The van der Waals surface area contributed by atoms with Crippen LogP contribution in [0.2, 0.25) is 0 Å².